The molecule has 1 amide bonds. The highest BCUT2D eigenvalue weighted by Gasteiger charge is 2.21. The summed E-state index contributed by atoms with van der Waals surface area (Å²) in [6.45, 7) is 5.86. The molecular weight excluding hydrogens is 238 g/mol. The molecule has 0 aliphatic rings. The topological polar surface area (TPSA) is 78.9 Å². The van der Waals surface area contributed by atoms with E-state index in [1.165, 1.54) is 11.3 Å². The van der Waals surface area contributed by atoms with Gasteiger partial charge in [-0.05, 0) is 32.9 Å². The molecule has 0 saturated heterocycles. The predicted octanol–water partition coefficient (Wildman–Crippen LogP) is 1.65. The van der Waals surface area contributed by atoms with E-state index < -0.39 is 0 Å². The van der Waals surface area contributed by atoms with Crippen LogP contribution in [-0.2, 0) is 0 Å². The number of carbonyl (C=O) groups is 1. The second-order valence-corrected chi connectivity index (χ2v) is 5.32. The van der Waals surface area contributed by atoms with Crippen molar-refractivity contribution in [2.45, 2.75) is 26.8 Å². The molecule has 1 aromatic rings. The van der Waals surface area contributed by atoms with Crippen LogP contribution in [0.25, 0.3) is 0 Å². The number of rotatable bonds is 4. The third kappa shape index (κ3) is 3.45. The van der Waals surface area contributed by atoms with Crippen LogP contribution in [0.1, 0.15) is 28.4 Å². The van der Waals surface area contributed by atoms with Crippen LogP contribution in [0.5, 0.6) is 0 Å². The molecule has 0 aliphatic carbocycles. The van der Waals surface area contributed by atoms with Crippen molar-refractivity contribution in [3.8, 4) is 0 Å². The number of oxime groups is 1. The molecule has 0 radical (unpaired) electrons. The Labute approximate surface area is 105 Å². The Morgan fingerprint density at radius 3 is 2.65 bits per heavy atom. The van der Waals surface area contributed by atoms with Crippen LogP contribution in [0.15, 0.2) is 17.3 Å². The quantitative estimate of drug-likeness (QED) is 0.371. The van der Waals surface area contributed by atoms with Gasteiger partial charge in [0.25, 0.3) is 5.91 Å². The molecule has 3 N–H and O–H groups in total. The third-order valence-electron chi connectivity index (χ3n) is 2.30. The highest BCUT2D eigenvalue weighted by atomic mass is 32.1. The summed E-state index contributed by atoms with van der Waals surface area (Å²) in [5, 5.41) is 11.4. The van der Waals surface area contributed by atoms with Gasteiger partial charge in [0.1, 0.15) is 0 Å². The summed E-state index contributed by atoms with van der Waals surface area (Å²) in [5.41, 5.74) is 5.44. The van der Waals surface area contributed by atoms with Crippen LogP contribution in [0.4, 0.5) is 0 Å². The Morgan fingerprint density at radius 2 is 2.24 bits per heavy atom. The van der Waals surface area contributed by atoms with E-state index in [2.05, 4.69) is 5.16 Å². The lowest BCUT2D eigenvalue weighted by Crippen LogP contribution is -2.42. The van der Waals surface area contributed by atoms with Gasteiger partial charge in [-0.1, -0.05) is 5.16 Å². The van der Waals surface area contributed by atoms with Gasteiger partial charge in [-0.25, -0.2) is 0 Å². The summed E-state index contributed by atoms with van der Waals surface area (Å²) in [7, 11) is 0. The second kappa shape index (κ2) is 5.67. The first kappa shape index (κ1) is 13.5. The zero-order valence-electron chi connectivity index (χ0n) is 10.2. The second-order valence-electron chi connectivity index (χ2n) is 4.03. The fourth-order valence-electron chi connectivity index (χ4n) is 1.39. The van der Waals surface area contributed by atoms with Crippen LogP contribution in [0, 0.1) is 6.92 Å². The fourth-order valence-corrected chi connectivity index (χ4v) is 2.21. The molecule has 0 unspecified atom stereocenters. The van der Waals surface area contributed by atoms with E-state index in [-0.39, 0.29) is 24.3 Å². The number of hydrogen-bond donors (Lipinski definition) is 2. The Bertz CT molecular complexity index is 426. The molecule has 0 saturated carbocycles. The Kier molecular flexibility index (Phi) is 4.51. The number of carbonyl (C=O) groups excluding carboxylic acids is 1. The molecule has 5 nitrogen and oxygen atoms in total. The summed E-state index contributed by atoms with van der Waals surface area (Å²) in [5.74, 6) is -0.0648. The van der Waals surface area contributed by atoms with E-state index in [0.717, 1.165) is 4.88 Å². The van der Waals surface area contributed by atoms with Crippen LogP contribution in [0.3, 0.4) is 0 Å². The molecule has 0 spiro atoms. The highest BCUT2D eigenvalue weighted by molar-refractivity contribution is 7.13. The van der Waals surface area contributed by atoms with Crippen molar-refractivity contribution in [2.24, 2.45) is 10.9 Å². The smallest absolute Gasteiger partial charge is 0.264 e. The Morgan fingerprint density at radius 1 is 1.59 bits per heavy atom. The van der Waals surface area contributed by atoms with Gasteiger partial charge in [0.05, 0.1) is 11.4 Å². The summed E-state index contributed by atoms with van der Waals surface area (Å²) in [6.07, 6.45) is 0. The van der Waals surface area contributed by atoms with Crippen LogP contribution >= 0.6 is 11.3 Å². The summed E-state index contributed by atoms with van der Waals surface area (Å²) < 4.78 is 0. The van der Waals surface area contributed by atoms with Gasteiger partial charge in [0.2, 0.25) is 0 Å². The first-order valence-electron chi connectivity index (χ1n) is 5.29. The van der Waals surface area contributed by atoms with Crippen LogP contribution < -0.4 is 5.73 Å². The van der Waals surface area contributed by atoms with Gasteiger partial charge >= 0.3 is 0 Å². The van der Waals surface area contributed by atoms with Crippen molar-refractivity contribution in [1.29, 1.82) is 0 Å². The average molecular weight is 255 g/mol. The molecule has 0 bridgehead atoms. The standard InChI is InChI=1S/C11H17N3O2S/c1-7(2)14(6-10(12)13-16)11(15)9-5-4-8(3)17-9/h4-5,7,16H,6H2,1-3H3,(H2,12,13). The molecule has 0 atom stereocenters. The fraction of sp³-hybridized carbons (Fsp3) is 0.455. The van der Waals surface area contributed by atoms with E-state index in [9.17, 15) is 4.79 Å². The van der Waals surface area contributed by atoms with E-state index in [0.29, 0.717) is 4.88 Å². The monoisotopic (exact) mass is 255 g/mol. The lowest BCUT2D eigenvalue weighted by atomic mass is 10.2. The number of amidine groups is 1. The molecule has 1 rings (SSSR count). The van der Waals surface area contributed by atoms with Crippen molar-refractivity contribution in [3.05, 3.63) is 21.9 Å². The molecule has 1 heterocycles. The number of aryl methyl sites for hydroxylation is 1. The highest BCUT2D eigenvalue weighted by Crippen LogP contribution is 2.18. The van der Waals surface area contributed by atoms with Gasteiger partial charge in [-0.2, -0.15) is 0 Å². The minimum absolute atomic E-state index is 0.00907. The van der Waals surface area contributed by atoms with Crippen molar-refractivity contribution in [1.82, 2.24) is 4.90 Å². The maximum atomic E-state index is 12.2. The van der Waals surface area contributed by atoms with E-state index in [1.807, 2.05) is 26.8 Å². The third-order valence-corrected chi connectivity index (χ3v) is 3.28. The van der Waals surface area contributed by atoms with E-state index in [4.69, 9.17) is 10.9 Å². The molecule has 1 aromatic heterocycles. The zero-order valence-corrected chi connectivity index (χ0v) is 11.0. The number of nitrogens with zero attached hydrogens (tertiary/aromatic N) is 2. The zero-order chi connectivity index (χ0) is 13.0. The first-order chi connectivity index (χ1) is 7.95. The van der Waals surface area contributed by atoms with Gasteiger partial charge in [-0.15, -0.1) is 11.3 Å². The normalized spacial score (nSPS) is 11.9. The average Bonchev–Trinajstić information content (AvgIpc) is 2.71. The number of hydrogen-bond acceptors (Lipinski definition) is 4. The van der Waals surface area contributed by atoms with Crippen molar-refractivity contribution in [2.75, 3.05) is 6.54 Å². The molecular formula is C11H17N3O2S. The van der Waals surface area contributed by atoms with Crippen molar-refractivity contribution in [3.63, 3.8) is 0 Å². The number of thiophene rings is 1. The Balaban J connectivity index is 2.88. The molecule has 94 valence electrons. The lowest BCUT2D eigenvalue weighted by molar-refractivity contribution is 0.0739. The predicted molar refractivity (Wildman–Crippen MR) is 68.6 cm³/mol. The van der Waals surface area contributed by atoms with Crippen molar-refractivity contribution < 1.29 is 10.0 Å². The summed E-state index contributed by atoms with van der Waals surface area (Å²) >= 11 is 1.44. The SMILES string of the molecule is Cc1ccc(C(=O)N(CC(N)=NO)C(C)C)s1. The minimum Gasteiger partial charge on any atom is -0.409 e. The van der Waals surface area contributed by atoms with Gasteiger partial charge in [0, 0.05) is 10.9 Å². The number of nitrogens with two attached hydrogens (primary N) is 1. The summed E-state index contributed by atoms with van der Waals surface area (Å²) in [4.78, 5) is 15.5. The lowest BCUT2D eigenvalue weighted by Gasteiger charge is -2.25. The molecule has 6 heteroatoms. The van der Waals surface area contributed by atoms with Gasteiger partial charge in [-0.3, -0.25) is 4.79 Å². The van der Waals surface area contributed by atoms with Gasteiger partial charge < -0.3 is 15.8 Å². The Hall–Kier alpha value is -1.56. The summed E-state index contributed by atoms with van der Waals surface area (Å²) in [6, 6.07) is 3.69. The molecule has 17 heavy (non-hydrogen) atoms. The van der Waals surface area contributed by atoms with Crippen molar-refractivity contribution >= 4 is 23.1 Å². The molecule has 0 fully saturated rings. The van der Waals surface area contributed by atoms with Crippen LogP contribution in [-0.4, -0.2) is 34.4 Å². The first-order valence-corrected chi connectivity index (χ1v) is 6.11. The maximum Gasteiger partial charge on any atom is 0.264 e. The van der Waals surface area contributed by atoms with Gasteiger partial charge in [0.15, 0.2) is 5.84 Å². The molecule has 0 aromatic carbocycles. The largest absolute Gasteiger partial charge is 0.409 e. The number of amides is 1. The molecule has 0 aliphatic heterocycles. The van der Waals surface area contributed by atoms with E-state index in [1.54, 1.807) is 11.0 Å². The van der Waals surface area contributed by atoms with Crippen LogP contribution in [0.2, 0.25) is 0 Å². The maximum absolute atomic E-state index is 12.2. The minimum atomic E-state index is -0.0929. The van der Waals surface area contributed by atoms with E-state index >= 15 is 0 Å².